The Bertz CT molecular complexity index is 341. The third kappa shape index (κ3) is 3.14. The Morgan fingerprint density at radius 2 is 1.80 bits per heavy atom. The summed E-state index contributed by atoms with van der Waals surface area (Å²) in [5, 5.41) is 10.2. The molecule has 0 aromatic carbocycles. The number of likely N-dealkylation sites (tertiary alicyclic amines) is 2. The molecule has 114 valence electrons. The lowest BCUT2D eigenvalue weighted by Gasteiger charge is -2.29. The number of carbonyl (C=O) groups excluding carboxylic acids is 1. The van der Waals surface area contributed by atoms with Crippen LogP contribution in [0.2, 0.25) is 0 Å². The van der Waals surface area contributed by atoms with Gasteiger partial charge in [-0.15, -0.1) is 0 Å². The molecule has 0 unspecified atom stereocenters. The molecule has 0 radical (unpaired) electrons. The van der Waals surface area contributed by atoms with Gasteiger partial charge >= 0.3 is 0 Å². The van der Waals surface area contributed by atoms with Crippen LogP contribution in [0.15, 0.2) is 0 Å². The molecular weight excluding hydrogens is 258 g/mol. The van der Waals surface area contributed by atoms with Crippen LogP contribution >= 0.6 is 0 Å². The predicted molar refractivity (Wildman–Crippen MR) is 74.4 cm³/mol. The van der Waals surface area contributed by atoms with E-state index in [2.05, 4.69) is 9.80 Å². The van der Waals surface area contributed by atoms with Crippen molar-refractivity contribution < 1.29 is 14.6 Å². The summed E-state index contributed by atoms with van der Waals surface area (Å²) in [7, 11) is 0. The maximum Gasteiger partial charge on any atom is 0.236 e. The fourth-order valence-corrected chi connectivity index (χ4v) is 3.51. The number of hydrogen-bond donors (Lipinski definition) is 1. The Balaban J connectivity index is 1.49. The molecule has 3 aliphatic rings. The molecule has 0 aromatic rings. The van der Waals surface area contributed by atoms with E-state index in [1.165, 1.54) is 12.8 Å². The molecule has 6 heteroatoms. The topological polar surface area (TPSA) is 56.3 Å². The summed E-state index contributed by atoms with van der Waals surface area (Å²) in [4.78, 5) is 18.6. The van der Waals surface area contributed by atoms with E-state index in [1.807, 2.05) is 4.90 Å². The molecule has 20 heavy (non-hydrogen) atoms. The van der Waals surface area contributed by atoms with Gasteiger partial charge in [0, 0.05) is 32.2 Å². The number of aliphatic hydroxyl groups excluding tert-OH is 1. The summed E-state index contributed by atoms with van der Waals surface area (Å²) < 4.78 is 5.27. The van der Waals surface area contributed by atoms with Crippen molar-refractivity contribution in [2.75, 3.05) is 59.0 Å². The van der Waals surface area contributed by atoms with E-state index < -0.39 is 0 Å². The fraction of sp³-hybridized carbons (Fsp3) is 0.929. The van der Waals surface area contributed by atoms with E-state index in [4.69, 9.17) is 4.74 Å². The average Bonchev–Trinajstić information content (AvgIpc) is 3.09. The zero-order chi connectivity index (χ0) is 13.9. The number of ether oxygens (including phenoxy) is 1. The van der Waals surface area contributed by atoms with Gasteiger partial charge in [0.05, 0.1) is 25.9 Å². The molecule has 3 rings (SSSR count). The van der Waals surface area contributed by atoms with Crippen LogP contribution in [-0.2, 0) is 9.53 Å². The number of nitrogens with zero attached hydrogens (tertiary/aromatic N) is 3. The third-order valence-electron chi connectivity index (χ3n) is 4.67. The minimum Gasteiger partial charge on any atom is -0.390 e. The van der Waals surface area contributed by atoms with Gasteiger partial charge < -0.3 is 14.7 Å². The molecule has 0 aromatic heterocycles. The molecule has 6 nitrogen and oxygen atoms in total. The maximum atomic E-state index is 12.2. The summed E-state index contributed by atoms with van der Waals surface area (Å²) in [6.07, 6.45) is 2.15. The van der Waals surface area contributed by atoms with Crippen LogP contribution in [0, 0.1) is 0 Å². The Hall–Kier alpha value is -0.690. The van der Waals surface area contributed by atoms with Crippen LogP contribution in [0.5, 0.6) is 0 Å². The van der Waals surface area contributed by atoms with Crippen molar-refractivity contribution in [3.05, 3.63) is 0 Å². The average molecular weight is 283 g/mol. The van der Waals surface area contributed by atoms with Crippen molar-refractivity contribution in [3.8, 4) is 0 Å². The van der Waals surface area contributed by atoms with Gasteiger partial charge in [0.25, 0.3) is 0 Å². The van der Waals surface area contributed by atoms with Crippen LogP contribution < -0.4 is 0 Å². The van der Waals surface area contributed by atoms with Crippen molar-refractivity contribution in [1.82, 2.24) is 14.7 Å². The highest BCUT2D eigenvalue weighted by atomic mass is 16.5. The van der Waals surface area contributed by atoms with Gasteiger partial charge in [-0.25, -0.2) is 0 Å². The molecule has 0 bridgehead atoms. The minimum absolute atomic E-state index is 0.169. The summed E-state index contributed by atoms with van der Waals surface area (Å²) in [5.74, 6) is 0.169. The molecule has 3 fully saturated rings. The van der Waals surface area contributed by atoms with Gasteiger partial charge in [-0.1, -0.05) is 0 Å². The second-order valence-corrected chi connectivity index (χ2v) is 6.07. The lowest BCUT2D eigenvalue weighted by atomic mass is 10.2. The minimum atomic E-state index is -0.314. The van der Waals surface area contributed by atoms with Crippen LogP contribution in [0.25, 0.3) is 0 Å². The smallest absolute Gasteiger partial charge is 0.236 e. The van der Waals surface area contributed by atoms with Gasteiger partial charge in [0.1, 0.15) is 0 Å². The zero-order valence-corrected chi connectivity index (χ0v) is 12.0. The molecule has 1 N–H and O–H groups in total. The third-order valence-corrected chi connectivity index (χ3v) is 4.67. The quantitative estimate of drug-likeness (QED) is 0.719. The standard InChI is InChI=1S/C14H25N3O3/c18-13-10-15(9-12(13)16-3-1-2-4-16)11-14(19)17-5-7-20-8-6-17/h12-13,18H,1-11H2/t12-,13-/m0/s1. The summed E-state index contributed by atoms with van der Waals surface area (Å²) in [6, 6.07) is 0.218. The fourth-order valence-electron chi connectivity index (χ4n) is 3.51. The highest BCUT2D eigenvalue weighted by Crippen LogP contribution is 2.21. The van der Waals surface area contributed by atoms with E-state index in [0.29, 0.717) is 39.4 Å². The lowest BCUT2D eigenvalue weighted by molar-refractivity contribution is -0.136. The number of carbonyl (C=O) groups is 1. The van der Waals surface area contributed by atoms with Gasteiger partial charge in [-0.05, 0) is 25.9 Å². The Labute approximate surface area is 120 Å². The first-order valence-corrected chi connectivity index (χ1v) is 7.74. The predicted octanol–water partition coefficient (Wildman–Crippen LogP) is -1.01. The normalized spacial score (nSPS) is 33.0. The summed E-state index contributed by atoms with van der Waals surface area (Å²) in [5.41, 5.74) is 0. The molecule has 3 heterocycles. The van der Waals surface area contributed by atoms with Crippen LogP contribution in [0.3, 0.4) is 0 Å². The highest BCUT2D eigenvalue weighted by molar-refractivity contribution is 5.78. The summed E-state index contributed by atoms with van der Waals surface area (Å²) >= 11 is 0. The van der Waals surface area contributed by atoms with Crippen LogP contribution in [0.4, 0.5) is 0 Å². The zero-order valence-electron chi connectivity index (χ0n) is 12.0. The van der Waals surface area contributed by atoms with Gasteiger partial charge in [-0.2, -0.15) is 0 Å². The Morgan fingerprint density at radius 3 is 2.50 bits per heavy atom. The van der Waals surface area contributed by atoms with E-state index >= 15 is 0 Å². The molecule has 3 saturated heterocycles. The Kier molecular flexibility index (Phi) is 4.55. The molecule has 2 atom stereocenters. The van der Waals surface area contributed by atoms with Crippen molar-refractivity contribution >= 4 is 5.91 Å². The second kappa shape index (κ2) is 6.39. The van der Waals surface area contributed by atoms with Crippen molar-refractivity contribution in [1.29, 1.82) is 0 Å². The number of hydrogen-bond acceptors (Lipinski definition) is 5. The highest BCUT2D eigenvalue weighted by Gasteiger charge is 2.37. The van der Waals surface area contributed by atoms with Crippen LogP contribution in [-0.4, -0.2) is 96.9 Å². The molecule has 3 aliphatic heterocycles. The van der Waals surface area contributed by atoms with E-state index in [0.717, 1.165) is 19.6 Å². The van der Waals surface area contributed by atoms with Crippen molar-refractivity contribution in [2.24, 2.45) is 0 Å². The molecule has 0 saturated carbocycles. The van der Waals surface area contributed by atoms with Crippen molar-refractivity contribution in [3.63, 3.8) is 0 Å². The number of aliphatic hydroxyl groups is 1. The molecular formula is C14H25N3O3. The summed E-state index contributed by atoms with van der Waals surface area (Å²) in [6.45, 7) is 6.74. The number of morpholine rings is 1. The van der Waals surface area contributed by atoms with Crippen LogP contribution in [0.1, 0.15) is 12.8 Å². The molecule has 1 amide bonds. The van der Waals surface area contributed by atoms with Gasteiger partial charge in [0.2, 0.25) is 5.91 Å². The number of β-amino-alcohol motifs (C(OH)–C–C–N with tert-alkyl or cyclic N) is 1. The van der Waals surface area contributed by atoms with E-state index in [9.17, 15) is 9.90 Å². The van der Waals surface area contributed by atoms with Gasteiger partial charge in [-0.3, -0.25) is 14.6 Å². The first-order chi connectivity index (χ1) is 9.74. The lowest BCUT2D eigenvalue weighted by Crippen LogP contribution is -2.46. The SMILES string of the molecule is O=C(CN1C[C@H](O)[C@@H](N2CCCC2)C1)N1CCOCC1. The maximum absolute atomic E-state index is 12.2. The van der Waals surface area contributed by atoms with E-state index in [1.54, 1.807) is 0 Å². The largest absolute Gasteiger partial charge is 0.390 e. The first-order valence-electron chi connectivity index (χ1n) is 7.74. The number of rotatable bonds is 3. The first kappa shape index (κ1) is 14.3. The second-order valence-electron chi connectivity index (χ2n) is 6.07. The van der Waals surface area contributed by atoms with E-state index in [-0.39, 0.29) is 18.1 Å². The molecule has 0 aliphatic carbocycles. The monoisotopic (exact) mass is 283 g/mol. The van der Waals surface area contributed by atoms with Crippen molar-refractivity contribution in [2.45, 2.75) is 25.0 Å². The van der Waals surface area contributed by atoms with Gasteiger partial charge in [0.15, 0.2) is 0 Å². The number of amides is 1. The molecule has 0 spiro atoms. The Morgan fingerprint density at radius 1 is 1.10 bits per heavy atom.